The highest BCUT2D eigenvalue weighted by molar-refractivity contribution is 6.07. The van der Waals surface area contributed by atoms with E-state index in [4.69, 9.17) is 13.3 Å². The van der Waals surface area contributed by atoms with Crippen LogP contribution in [0, 0.1) is 26.6 Å². The molecule has 3 N–H and O–H groups in total. The van der Waals surface area contributed by atoms with E-state index in [0.717, 1.165) is 102 Å². The summed E-state index contributed by atoms with van der Waals surface area (Å²) in [4.78, 5) is 73.8. The van der Waals surface area contributed by atoms with E-state index in [1.54, 1.807) is 24.4 Å². The first-order valence-electron chi connectivity index (χ1n) is 43.8. The van der Waals surface area contributed by atoms with Gasteiger partial charge in [-0.1, -0.05) is 186 Å². The second-order valence-electron chi connectivity index (χ2n) is 35.0. The Kier molecular flexibility index (Phi) is 29.1. The summed E-state index contributed by atoms with van der Waals surface area (Å²) in [5, 5.41) is 30.3. The van der Waals surface area contributed by atoms with Crippen molar-refractivity contribution in [3.63, 3.8) is 0 Å². The van der Waals surface area contributed by atoms with Crippen LogP contribution in [0.25, 0.3) is 66.5 Å². The van der Waals surface area contributed by atoms with Gasteiger partial charge in [-0.15, -0.1) is 0 Å². The average molecular weight is 1860 g/mol. The Morgan fingerprint density at radius 1 is 0.353 bits per heavy atom. The van der Waals surface area contributed by atoms with Gasteiger partial charge in [-0.3, -0.25) is 44.3 Å². The molecule has 28 heteroatoms. The predicted molar refractivity (Wildman–Crippen MR) is 503 cm³/mol. The molecule has 9 heterocycles. The van der Waals surface area contributed by atoms with Crippen LogP contribution in [0.5, 0.6) is 0 Å². The summed E-state index contributed by atoms with van der Waals surface area (Å²) in [6, 6.07) is 62.2. The minimum Gasteiger partial charge on any atom is -0.512 e. The Balaban J connectivity index is 0.000000173. The van der Waals surface area contributed by atoms with Crippen molar-refractivity contribution in [2.24, 2.45) is 0 Å². The number of aromatic nitrogens is 6. The Bertz CT molecular complexity index is 6720. The Hall–Kier alpha value is -14.8. The normalized spacial score (nSPS) is 12.0. The number of pyridine rings is 6. The van der Waals surface area contributed by atoms with Gasteiger partial charge in [0.2, 0.25) is 17.3 Å². The SMILES string of the molecule is C=C(O)C(C)(C)c1cccc(-c2ccc(CN(Cc3ccc(C(F)(F)F)o3)C(=O)c3cc(CC)nc4cc(C)c(C)nc34)cc2)c1.C=C(O)C(C)(C)c1cccc(-c2ccc(CN(Cc3ccc(C(F)(F)F)o3)C(=O)c3cc(CC)nc4cc(C)cnc34)cc2)c1.C=C(O)C(C)(C)c1cccc(-c2ccc(CN(Cc3ccc(C(F)(F)F)o3)C(=O)c3cc(CC)nc4cc(F)cnc34)cc2)c1. The summed E-state index contributed by atoms with van der Waals surface area (Å²) in [6.45, 7) is 33.4. The fraction of sp³-hybridized carbons (Fsp3) is 0.250. The summed E-state index contributed by atoms with van der Waals surface area (Å²) < 4.78 is 149. The van der Waals surface area contributed by atoms with Crippen molar-refractivity contribution in [3.05, 3.63) is 392 Å². The van der Waals surface area contributed by atoms with Crippen molar-refractivity contribution in [2.75, 3.05) is 0 Å². The second-order valence-corrected chi connectivity index (χ2v) is 35.0. The number of aryl methyl sites for hydroxylation is 6. The third-order valence-electron chi connectivity index (χ3n) is 24.2. The van der Waals surface area contributed by atoms with Gasteiger partial charge < -0.3 is 43.3 Å². The zero-order chi connectivity index (χ0) is 98.4. The van der Waals surface area contributed by atoms with Crippen LogP contribution in [0.4, 0.5) is 43.9 Å². The van der Waals surface area contributed by atoms with E-state index < -0.39 is 75.6 Å². The van der Waals surface area contributed by atoms with Crippen LogP contribution in [0.3, 0.4) is 0 Å². The fourth-order valence-corrected chi connectivity index (χ4v) is 15.2. The first-order chi connectivity index (χ1) is 64.2. The highest BCUT2D eigenvalue weighted by Gasteiger charge is 2.39. The molecule has 0 radical (unpaired) electrons. The van der Waals surface area contributed by atoms with Gasteiger partial charge in [0.1, 0.15) is 39.6 Å². The van der Waals surface area contributed by atoms with Gasteiger partial charge in [0.15, 0.2) is 0 Å². The van der Waals surface area contributed by atoms with Crippen LogP contribution < -0.4 is 0 Å². The van der Waals surface area contributed by atoms with E-state index >= 15 is 0 Å². The Morgan fingerprint density at radius 3 is 0.956 bits per heavy atom. The number of fused-ring (bicyclic) bond motifs is 3. The van der Waals surface area contributed by atoms with Crippen molar-refractivity contribution >= 4 is 50.8 Å². The number of rotatable bonds is 27. The Labute approximate surface area is 780 Å². The number of alkyl halides is 9. The summed E-state index contributed by atoms with van der Waals surface area (Å²) >= 11 is 0. The molecule has 0 atom stereocenters. The molecule has 0 aliphatic carbocycles. The summed E-state index contributed by atoms with van der Waals surface area (Å²) in [6.07, 6.45) is -9.67. The maximum Gasteiger partial charge on any atom is 0.449 e. The second kappa shape index (κ2) is 40.1. The minimum absolute atomic E-state index is 0.00933. The number of hydrogen-bond donors (Lipinski definition) is 3. The van der Waals surface area contributed by atoms with Gasteiger partial charge >= 0.3 is 18.5 Å². The van der Waals surface area contributed by atoms with E-state index in [1.165, 1.54) is 39.0 Å². The molecular weight excluding hydrogens is 1760 g/mol. The lowest BCUT2D eigenvalue weighted by Gasteiger charge is -2.24. The van der Waals surface area contributed by atoms with Crippen LogP contribution in [-0.4, -0.2) is 77.6 Å². The lowest BCUT2D eigenvalue weighted by molar-refractivity contribution is -0.154. The average Bonchev–Trinajstić information content (AvgIpc) is 0.940. The number of amides is 3. The monoisotopic (exact) mass is 1860 g/mol. The first-order valence-corrected chi connectivity index (χ1v) is 43.8. The maximum atomic E-state index is 14.3. The number of halogens is 10. The van der Waals surface area contributed by atoms with E-state index in [0.29, 0.717) is 75.1 Å². The molecule has 6 aromatic carbocycles. The first kappa shape index (κ1) is 98.7. The van der Waals surface area contributed by atoms with Crippen LogP contribution in [0.1, 0.15) is 195 Å². The zero-order valence-corrected chi connectivity index (χ0v) is 77.0. The third-order valence-corrected chi connectivity index (χ3v) is 24.2. The lowest BCUT2D eigenvalue weighted by atomic mass is 9.82. The number of allylic oxidation sites excluding steroid dienone is 3. The maximum absolute atomic E-state index is 14.3. The topological polar surface area (TPSA) is 238 Å². The van der Waals surface area contributed by atoms with Gasteiger partial charge in [0.25, 0.3) is 17.7 Å². The number of carbonyl (C=O) groups is 3. The molecule has 0 bridgehead atoms. The molecule has 0 aliphatic rings. The number of carbonyl (C=O) groups excluding carboxylic acids is 3. The number of aliphatic hydroxyl groups excluding tert-OH is 3. The lowest BCUT2D eigenvalue weighted by Crippen LogP contribution is -2.30. The molecule has 702 valence electrons. The molecule has 0 spiro atoms. The van der Waals surface area contributed by atoms with Crippen LogP contribution in [-0.2, 0) is 93.3 Å². The largest absolute Gasteiger partial charge is 0.512 e. The van der Waals surface area contributed by atoms with Crippen molar-refractivity contribution < 1.29 is 86.9 Å². The molecular formula is C108H101F10N9O9. The third kappa shape index (κ3) is 22.8. The predicted octanol–water partition coefficient (Wildman–Crippen LogP) is 27.1. The van der Waals surface area contributed by atoms with Gasteiger partial charge in [-0.2, -0.15) is 39.5 Å². The fourth-order valence-electron chi connectivity index (χ4n) is 15.2. The number of nitrogens with zero attached hydrogens (tertiary/aromatic N) is 9. The van der Waals surface area contributed by atoms with Gasteiger partial charge in [-0.25, -0.2) is 4.39 Å². The van der Waals surface area contributed by atoms with Crippen LogP contribution in [0.2, 0.25) is 0 Å². The van der Waals surface area contributed by atoms with Gasteiger partial charge in [-0.05, 0) is 226 Å². The quantitative estimate of drug-likeness (QED) is 0.0320. The molecule has 0 unspecified atom stereocenters. The summed E-state index contributed by atoms with van der Waals surface area (Å²) in [5.74, 6) is -5.18. The molecule has 136 heavy (non-hydrogen) atoms. The highest BCUT2D eigenvalue weighted by atomic mass is 19.4. The van der Waals surface area contributed by atoms with Crippen molar-refractivity contribution in [2.45, 2.75) is 176 Å². The summed E-state index contributed by atoms with van der Waals surface area (Å²) in [5.41, 5.74) is 16.3. The molecule has 0 aliphatic heterocycles. The molecule has 15 aromatic rings. The highest BCUT2D eigenvalue weighted by Crippen LogP contribution is 2.40. The Morgan fingerprint density at radius 2 is 0.654 bits per heavy atom. The molecule has 0 saturated carbocycles. The molecule has 0 saturated heterocycles. The van der Waals surface area contributed by atoms with Gasteiger partial charge in [0, 0.05) is 70.9 Å². The van der Waals surface area contributed by atoms with E-state index in [1.807, 2.05) is 241 Å². The molecule has 3 amide bonds. The molecule has 18 nitrogen and oxygen atoms in total. The van der Waals surface area contributed by atoms with E-state index in [2.05, 4.69) is 49.6 Å². The summed E-state index contributed by atoms with van der Waals surface area (Å²) in [7, 11) is 0. The molecule has 9 aromatic heterocycles. The molecule has 0 fully saturated rings. The smallest absolute Gasteiger partial charge is 0.449 e. The van der Waals surface area contributed by atoms with Crippen LogP contribution in [0.15, 0.2) is 281 Å². The van der Waals surface area contributed by atoms with Crippen molar-refractivity contribution in [1.82, 2.24) is 44.6 Å². The number of furan rings is 3. The van der Waals surface area contributed by atoms with Crippen LogP contribution >= 0.6 is 0 Å². The van der Waals surface area contributed by atoms with E-state index in [9.17, 15) is 73.6 Å². The van der Waals surface area contributed by atoms with E-state index in [-0.39, 0.29) is 90.4 Å². The van der Waals surface area contributed by atoms with Crippen molar-refractivity contribution in [3.8, 4) is 33.4 Å². The minimum atomic E-state index is -4.68. The number of aliphatic hydroxyl groups is 3. The zero-order valence-electron chi connectivity index (χ0n) is 77.0. The van der Waals surface area contributed by atoms with Crippen molar-refractivity contribution in [1.29, 1.82) is 0 Å². The number of benzene rings is 6. The van der Waals surface area contributed by atoms with Gasteiger partial charge in [0.05, 0.1) is 76.3 Å². The standard InChI is InChI=1S/C37H36F3N3O3.C36H34F3N3O3.C35H31F4N3O3/c1-7-29-19-31(34-32(42-29)17-22(2)23(3)41-34)35(45)43(21-30-15-16-33(46-30)37(38,39)40)20-25-11-13-26(14-12-25)27-9-8-10-28(18-27)36(5,6)24(4)44;1-6-28-18-30(33-31(41-28)16-22(2)19-40-33)34(44)42(21-29-14-15-32(45-29)36(37,38)39)20-24-10-12-25(13-11-24)26-8-7-9-27(17-26)35(4,5)23(3)43;1-5-27-17-29(32-30(41-27)16-26(36)18-40-32)33(44)42(20-28-13-14-31(45-28)35(37,38)39)19-22-9-11-23(12-10-22)24-7-6-8-25(15-24)34(3,4)21(2)43/h8-19,44H,4,7,20-21H2,1-3,5-6H3;7-19,43H,3,6,20-21H2,1-2,4-5H3;6-18,43H,2,5,19-20H2,1,3-4H3. The number of hydrogen-bond acceptors (Lipinski definition) is 15. The molecule has 15 rings (SSSR count).